The average molecular weight is 303 g/mol. The highest BCUT2D eigenvalue weighted by atomic mass is 32.1. The zero-order valence-electron chi connectivity index (χ0n) is 10.5. The van der Waals surface area contributed by atoms with E-state index in [4.69, 9.17) is 5.84 Å². The molecule has 0 aromatic carbocycles. The number of pyridine rings is 1. The van der Waals surface area contributed by atoms with Gasteiger partial charge in [0.2, 0.25) is 0 Å². The predicted octanol–water partition coefficient (Wildman–Crippen LogP) is 2.76. The Kier molecular flexibility index (Phi) is 4.09. The van der Waals surface area contributed by atoms with E-state index in [1.54, 1.807) is 5.51 Å². The van der Waals surface area contributed by atoms with E-state index in [-0.39, 0.29) is 11.6 Å². The summed E-state index contributed by atoms with van der Waals surface area (Å²) in [4.78, 5) is 8.93. The third kappa shape index (κ3) is 3.36. The molecule has 2 aromatic heterocycles. The number of nitrogen functional groups attached to an aromatic ring is 1. The number of aryl methyl sites for hydroxylation is 1. The maximum absolute atomic E-state index is 12.7. The molecule has 0 aliphatic carbocycles. The molecule has 0 aliphatic rings. The maximum atomic E-state index is 12.7. The average Bonchev–Trinajstić information content (AvgIpc) is 2.80. The van der Waals surface area contributed by atoms with E-state index >= 15 is 0 Å². The van der Waals surface area contributed by atoms with Crippen LogP contribution >= 0.6 is 11.3 Å². The van der Waals surface area contributed by atoms with Crippen LogP contribution in [0.25, 0.3) is 0 Å². The molecule has 0 saturated carbocycles. The summed E-state index contributed by atoms with van der Waals surface area (Å²) in [6.45, 7) is 2.19. The Morgan fingerprint density at radius 3 is 2.55 bits per heavy atom. The van der Waals surface area contributed by atoms with Gasteiger partial charge in [-0.1, -0.05) is 0 Å². The molecule has 0 spiro atoms. The number of rotatable bonds is 4. The van der Waals surface area contributed by atoms with Gasteiger partial charge in [-0.15, -0.1) is 11.3 Å². The Hall–Kier alpha value is -1.87. The quantitative estimate of drug-likeness (QED) is 0.598. The van der Waals surface area contributed by atoms with Gasteiger partial charge in [0.05, 0.1) is 23.3 Å². The number of hydrogen-bond acceptors (Lipinski definition) is 6. The normalized spacial score (nSPS) is 11.4. The van der Waals surface area contributed by atoms with E-state index < -0.39 is 11.7 Å². The van der Waals surface area contributed by atoms with Gasteiger partial charge in [0.25, 0.3) is 0 Å². The first-order valence-corrected chi connectivity index (χ1v) is 6.47. The fraction of sp³-hybridized carbons (Fsp3) is 0.273. The summed E-state index contributed by atoms with van der Waals surface area (Å²) in [5.74, 6) is 5.18. The lowest BCUT2D eigenvalue weighted by Crippen LogP contribution is -2.13. The second-order valence-electron chi connectivity index (χ2n) is 3.98. The van der Waals surface area contributed by atoms with Crippen LogP contribution in [0.5, 0.6) is 0 Å². The fourth-order valence-electron chi connectivity index (χ4n) is 1.53. The van der Waals surface area contributed by atoms with Crippen LogP contribution < -0.4 is 16.6 Å². The molecule has 0 atom stereocenters. The number of hydrazine groups is 1. The number of hydrogen-bond donors (Lipinski definition) is 3. The molecule has 9 heteroatoms. The van der Waals surface area contributed by atoms with Gasteiger partial charge in [-0.05, 0) is 19.1 Å². The molecule has 0 radical (unpaired) electrons. The van der Waals surface area contributed by atoms with E-state index in [0.717, 1.165) is 22.7 Å². The summed E-state index contributed by atoms with van der Waals surface area (Å²) in [7, 11) is 0. The van der Waals surface area contributed by atoms with Crippen molar-refractivity contribution in [2.24, 2.45) is 5.84 Å². The van der Waals surface area contributed by atoms with Crippen LogP contribution in [0.3, 0.4) is 0 Å². The fourth-order valence-corrected chi connectivity index (χ4v) is 2.24. The lowest BCUT2D eigenvalue weighted by molar-refractivity contribution is -0.137. The lowest BCUT2D eigenvalue weighted by atomic mass is 10.2. The monoisotopic (exact) mass is 303 g/mol. The number of halogens is 3. The minimum Gasteiger partial charge on any atom is -0.365 e. The molecule has 2 rings (SSSR count). The summed E-state index contributed by atoms with van der Waals surface area (Å²) >= 11 is 1.42. The molecule has 0 unspecified atom stereocenters. The van der Waals surface area contributed by atoms with Crippen LogP contribution in [-0.4, -0.2) is 9.97 Å². The minimum absolute atomic E-state index is 0.0525. The molecule has 0 bridgehead atoms. The molecule has 0 amide bonds. The second kappa shape index (κ2) is 5.63. The molecular weight excluding hydrogens is 291 g/mol. The molecule has 4 N–H and O–H groups in total. The summed E-state index contributed by atoms with van der Waals surface area (Å²) in [5.41, 5.74) is 3.83. The molecule has 0 fully saturated rings. The first-order chi connectivity index (χ1) is 9.40. The summed E-state index contributed by atoms with van der Waals surface area (Å²) < 4.78 is 38.2. The highest BCUT2D eigenvalue weighted by Crippen LogP contribution is 2.32. The zero-order valence-corrected chi connectivity index (χ0v) is 11.3. The Morgan fingerprint density at radius 1 is 1.30 bits per heavy atom. The van der Waals surface area contributed by atoms with Crippen molar-refractivity contribution in [2.45, 2.75) is 19.6 Å². The van der Waals surface area contributed by atoms with Crippen LogP contribution in [0.4, 0.5) is 24.8 Å². The Labute approximate surface area is 117 Å². The van der Waals surface area contributed by atoms with E-state index in [1.807, 2.05) is 6.92 Å². The number of aromatic nitrogens is 2. The van der Waals surface area contributed by atoms with Gasteiger partial charge in [0, 0.05) is 4.88 Å². The summed E-state index contributed by atoms with van der Waals surface area (Å²) in [6, 6.07) is 1.79. The van der Waals surface area contributed by atoms with Crippen molar-refractivity contribution in [3.63, 3.8) is 0 Å². The molecule has 0 aliphatic heterocycles. The molecule has 5 nitrogen and oxygen atoms in total. The van der Waals surface area contributed by atoms with Gasteiger partial charge in [0.15, 0.2) is 0 Å². The van der Waals surface area contributed by atoms with Gasteiger partial charge >= 0.3 is 6.18 Å². The van der Waals surface area contributed by atoms with Crippen molar-refractivity contribution in [2.75, 3.05) is 10.7 Å². The van der Waals surface area contributed by atoms with Crippen LogP contribution in [0, 0.1) is 6.92 Å². The summed E-state index contributed by atoms with van der Waals surface area (Å²) in [5, 5.41) is 2.84. The number of nitrogens with one attached hydrogen (secondary N) is 2. The number of anilines is 2. The van der Waals surface area contributed by atoms with Crippen molar-refractivity contribution < 1.29 is 13.2 Å². The van der Waals surface area contributed by atoms with Crippen molar-refractivity contribution in [3.8, 4) is 0 Å². The van der Waals surface area contributed by atoms with Crippen molar-refractivity contribution in [1.29, 1.82) is 0 Å². The van der Waals surface area contributed by atoms with E-state index in [0.29, 0.717) is 6.54 Å². The number of nitrogens with two attached hydrogens (primary N) is 1. The first-order valence-electron chi connectivity index (χ1n) is 5.59. The van der Waals surface area contributed by atoms with Crippen molar-refractivity contribution >= 4 is 23.0 Å². The zero-order chi connectivity index (χ0) is 14.8. The smallest absolute Gasteiger partial charge is 0.365 e. The van der Waals surface area contributed by atoms with E-state index in [9.17, 15) is 13.2 Å². The largest absolute Gasteiger partial charge is 0.416 e. The van der Waals surface area contributed by atoms with Crippen LogP contribution in [-0.2, 0) is 12.7 Å². The van der Waals surface area contributed by atoms with E-state index in [1.165, 1.54) is 11.3 Å². The van der Waals surface area contributed by atoms with Crippen LogP contribution in [0.2, 0.25) is 0 Å². The Balaban J connectivity index is 2.21. The van der Waals surface area contributed by atoms with Gasteiger partial charge in [-0.25, -0.2) is 15.8 Å². The highest BCUT2D eigenvalue weighted by molar-refractivity contribution is 7.09. The van der Waals surface area contributed by atoms with E-state index in [2.05, 4.69) is 20.7 Å². The standard InChI is InChI=1S/C11H12F3N5S/c1-6-8(20-5-17-6)4-16-9-2-7(11(12,13)14)3-10(18-9)19-15/h2-3,5H,4,15H2,1H3,(H2,16,18,19). The predicted molar refractivity (Wildman–Crippen MR) is 71.2 cm³/mol. The second-order valence-corrected chi connectivity index (χ2v) is 4.92. The topological polar surface area (TPSA) is 75.9 Å². The maximum Gasteiger partial charge on any atom is 0.416 e. The lowest BCUT2D eigenvalue weighted by Gasteiger charge is -2.12. The van der Waals surface area contributed by atoms with Crippen LogP contribution in [0.15, 0.2) is 17.6 Å². The van der Waals surface area contributed by atoms with Crippen molar-refractivity contribution in [1.82, 2.24) is 9.97 Å². The molecule has 2 heterocycles. The Morgan fingerprint density at radius 2 is 2.00 bits per heavy atom. The molecular formula is C11H12F3N5S. The number of nitrogens with zero attached hydrogens (tertiary/aromatic N) is 2. The third-order valence-electron chi connectivity index (χ3n) is 2.58. The van der Waals surface area contributed by atoms with Gasteiger partial charge in [-0.2, -0.15) is 13.2 Å². The summed E-state index contributed by atoms with van der Waals surface area (Å²) in [6.07, 6.45) is -4.45. The Bertz CT molecular complexity index is 596. The SMILES string of the molecule is Cc1ncsc1CNc1cc(C(F)(F)F)cc(NN)n1. The molecule has 108 valence electrons. The number of thiazole rings is 1. The third-order valence-corrected chi connectivity index (χ3v) is 3.51. The van der Waals surface area contributed by atoms with Crippen molar-refractivity contribution in [3.05, 3.63) is 33.8 Å². The van der Waals surface area contributed by atoms with Gasteiger partial charge in [0.1, 0.15) is 11.6 Å². The molecule has 0 saturated heterocycles. The molecule has 2 aromatic rings. The highest BCUT2D eigenvalue weighted by Gasteiger charge is 2.31. The number of alkyl halides is 3. The van der Waals surface area contributed by atoms with Gasteiger partial charge in [-0.3, -0.25) is 0 Å². The van der Waals surface area contributed by atoms with Gasteiger partial charge < -0.3 is 10.7 Å². The van der Waals surface area contributed by atoms with Crippen LogP contribution in [0.1, 0.15) is 16.1 Å². The molecule has 20 heavy (non-hydrogen) atoms. The first kappa shape index (κ1) is 14.5. The minimum atomic E-state index is -4.45.